The van der Waals surface area contributed by atoms with Crippen molar-refractivity contribution in [3.05, 3.63) is 36.0 Å². The van der Waals surface area contributed by atoms with Crippen LogP contribution in [0.5, 0.6) is 0 Å². The number of hydrogen-bond donors (Lipinski definition) is 1. The van der Waals surface area contributed by atoms with Crippen LogP contribution in [0.3, 0.4) is 0 Å². The van der Waals surface area contributed by atoms with E-state index in [1.165, 1.54) is 0 Å². The topological polar surface area (TPSA) is 26.0 Å². The van der Waals surface area contributed by atoms with Crippen LogP contribution >= 0.6 is 0 Å². The second kappa shape index (κ2) is 5.00. The maximum atomic E-state index is 5.44. The number of rotatable bonds is 3. The highest BCUT2D eigenvalue weighted by molar-refractivity contribution is 5.28. The maximum Gasteiger partial charge on any atom is 0.0174 e. The van der Waals surface area contributed by atoms with Crippen LogP contribution in [0, 0.1) is 0 Å². The smallest absolute Gasteiger partial charge is 0.0174 e. The van der Waals surface area contributed by atoms with E-state index in [0.29, 0.717) is 6.54 Å². The molecule has 0 unspecified atom stereocenters. The molecule has 0 aromatic rings. The Hall–Kier alpha value is -0.820. The minimum atomic E-state index is 0.599. The monoisotopic (exact) mass is 137 g/mol. The van der Waals surface area contributed by atoms with E-state index in [1.807, 2.05) is 32.1 Å². The third kappa shape index (κ3) is 3.25. The molecule has 2 N–H and O–H groups in total. The Morgan fingerprint density at radius 3 is 2.50 bits per heavy atom. The van der Waals surface area contributed by atoms with Crippen molar-refractivity contribution in [3.8, 4) is 0 Å². The summed E-state index contributed by atoms with van der Waals surface area (Å²) in [5.74, 6) is 0. The molecule has 1 nitrogen and oxygen atoms in total. The first kappa shape index (κ1) is 9.18. The van der Waals surface area contributed by atoms with Crippen molar-refractivity contribution in [2.24, 2.45) is 5.73 Å². The summed E-state index contributed by atoms with van der Waals surface area (Å²) in [6.07, 6.45) is 5.86. The van der Waals surface area contributed by atoms with Gasteiger partial charge in [-0.2, -0.15) is 0 Å². The van der Waals surface area contributed by atoms with Gasteiger partial charge in [-0.25, -0.2) is 0 Å². The highest BCUT2D eigenvalue weighted by Crippen LogP contribution is 2.00. The van der Waals surface area contributed by atoms with Gasteiger partial charge in [-0.1, -0.05) is 30.4 Å². The van der Waals surface area contributed by atoms with Gasteiger partial charge in [0.15, 0.2) is 0 Å². The zero-order chi connectivity index (χ0) is 7.98. The Bertz CT molecular complexity index is 164. The zero-order valence-electron chi connectivity index (χ0n) is 6.72. The number of nitrogens with two attached hydrogens (primary N) is 1. The largest absolute Gasteiger partial charge is 0.327 e. The average molecular weight is 137 g/mol. The molecule has 0 bridgehead atoms. The fourth-order valence-corrected chi connectivity index (χ4v) is 0.611. The summed E-state index contributed by atoms with van der Waals surface area (Å²) in [5, 5.41) is 0. The van der Waals surface area contributed by atoms with Gasteiger partial charge >= 0.3 is 0 Å². The molecule has 0 saturated heterocycles. The summed E-state index contributed by atoms with van der Waals surface area (Å²) >= 11 is 0. The molecule has 0 rings (SSSR count). The lowest BCUT2D eigenvalue weighted by Gasteiger charge is -1.95. The normalized spacial score (nSPS) is 13.5. The summed E-state index contributed by atoms with van der Waals surface area (Å²) in [6.45, 7) is 8.23. The Morgan fingerprint density at radius 1 is 1.60 bits per heavy atom. The van der Waals surface area contributed by atoms with Gasteiger partial charge in [-0.3, -0.25) is 0 Å². The quantitative estimate of drug-likeness (QED) is 0.592. The van der Waals surface area contributed by atoms with E-state index in [9.17, 15) is 0 Å². The molecule has 0 radical (unpaired) electrons. The summed E-state index contributed by atoms with van der Waals surface area (Å²) in [6, 6.07) is 0. The van der Waals surface area contributed by atoms with E-state index in [2.05, 4.69) is 6.58 Å². The third-order valence-corrected chi connectivity index (χ3v) is 1.34. The van der Waals surface area contributed by atoms with Crippen LogP contribution in [0.2, 0.25) is 0 Å². The van der Waals surface area contributed by atoms with Crippen LogP contribution in [0.15, 0.2) is 36.0 Å². The van der Waals surface area contributed by atoms with Crippen LogP contribution in [0.25, 0.3) is 0 Å². The van der Waals surface area contributed by atoms with Gasteiger partial charge in [-0.05, 0) is 19.4 Å². The average Bonchev–Trinajstić information content (AvgIpc) is 1.99. The lowest BCUT2D eigenvalue weighted by Crippen LogP contribution is -2.00. The molecule has 1 heteroatoms. The molecule has 0 heterocycles. The Morgan fingerprint density at radius 2 is 2.20 bits per heavy atom. The van der Waals surface area contributed by atoms with Crippen LogP contribution in [0.4, 0.5) is 0 Å². The highest BCUT2D eigenvalue weighted by Gasteiger charge is 1.85. The van der Waals surface area contributed by atoms with Crippen LogP contribution < -0.4 is 5.73 Å². The first-order valence-electron chi connectivity index (χ1n) is 3.40. The van der Waals surface area contributed by atoms with Gasteiger partial charge in [0.05, 0.1) is 0 Å². The predicted octanol–water partition coefficient (Wildman–Crippen LogP) is 2.02. The third-order valence-electron chi connectivity index (χ3n) is 1.34. The van der Waals surface area contributed by atoms with Crippen molar-refractivity contribution < 1.29 is 0 Å². The molecule has 56 valence electrons. The van der Waals surface area contributed by atoms with E-state index in [0.717, 1.165) is 11.1 Å². The molecule has 10 heavy (non-hydrogen) atoms. The van der Waals surface area contributed by atoms with E-state index < -0.39 is 0 Å². The SMILES string of the molecule is C=C/C(C)=C\C(=C/C)CN. The molecule has 0 amide bonds. The first-order chi connectivity index (χ1) is 4.74. The van der Waals surface area contributed by atoms with Crippen molar-refractivity contribution in [3.63, 3.8) is 0 Å². The molecular weight excluding hydrogens is 122 g/mol. The zero-order valence-corrected chi connectivity index (χ0v) is 6.72. The van der Waals surface area contributed by atoms with Gasteiger partial charge in [0.2, 0.25) is 0 Å². The van der Waals surface area contributed by atoms with Crippen molar-refractivity contribution in [1.29, 1.82) is 0 Å². The summed E-state index contributed by atoms with van der Waals surface area (Å²) in [7, 11) is 0. The fourth-order valence-electron chi connectivity index (χ4n) is 0.611. The molecule has 0 saturated carbocycles. The fraction of sp³-hybridized carbons (Fsp3) is 0.333. The molecule has 0 aliphatic heterocycles. The van der Waals surface area contributed by atoms with Gasteiger partial charge in [0.25, 0.3) is 0 Å². The second-order valence-corrected chi connectivity index (χ2v) is 2.16. The van der Waals surface area contributed by atoms with E-state index in [-0.39, 0.29) is 0 Å². The standard InChI is InChI=1S/C9H15N/c1-4-8(3)6-9(5-2)7-10/h4-6H,1,7,10H2,2-3H3/b8-6-,9-5+. The molecule has 0 aromatic heterocycles. The minimum absolute atomic E-state index is 0.599. The van der Waals surface area contributed by atoms with Crippen molar-refractivity contribution in [1.82, 2.24) is 0 Å². The minimum Gasteiger partial charge on any atom is -0.327 e. The summed E-state index contributed by atoms with van der Waals surface area (Å²) in [4.78, 5) is 0. The van der Waals surface area contributed by atoms with E-state index in [1.54, 1.807) is 0 Å². The molecule has 0 atom stereocenters. The van der Waals surface area contributed by atoms with Gasteiger partial charge in [0.1, 0.15) is 0 Å². The Kier molecular flexibility index (Phi) is 4.59. The van der Waals surface area contributed by atoms with Crippen molar-refractivity contribution >= 4 is 0 Å². The van der Waals surface area contributed by atoms with Gasteiger partial charge in [0, 0.05) is 6.54 Å². The van der Waals surface area contributed by atoms with Crippen LogP contribution in [0.1, 0.15) is 13.8 Å². The molecule has 0 aliphatic carbocycles. The summed E-state index contributed by atoms with van der Waals surface area (Å²) < 4.78 is 0. The Labute approximate surface area is 62.9 Å². The second-order valence-electron chi connectivity index (χ2n) is 2.16. The van der Waals surface area contributed by atoms with Gasteiger partial charge in [-0.15, -0.1) is 0 Å². The lowest BCUT2D eigenvalue weighted by molar-refractivity contribution is 1.17. The van der Waals surface area contributed by atoms with Crippen molar-refractivity contribution in [2.45, 2.75) is 13.8 Å². The van der Waals surface area contributed by atoms with Crippen molar-refractivity contribution in [2.75, 3.05) is 6.54 Å². The van der Waals surface area contributed by atoms with Gasteiger partial charge < -0.3 is 5.73 Å². The van der Waals surface area contributed by atoms with E-state index >= 15 is 0 Å². The molecule has 0 fully saturated rings. The predicted molar refractivity (Wildman–Crippen MR) is 46.8 cm³/mol. The van der Waals surface area contributed by atoms with Crippen LogP contribution in [-0.4, -0.2) is 6.54 Å². The highest BCUT2D eigenvalue weighted by atomic mass is 14.5. The maximum absolute atomic E-state index is 5.44. The first-order valence-corrected chi connectivity index (χ1v) is 3.40. The molecular formula is C9H15N. The number of allylic oxidation sites excluding steroid dienone is 3. The molecule has 0 spiro atoms. The molecule has 0 aliphatic rings. The Balaban J connectivity index is 4.22. The lowest BCUT2D eigenvalue weighted by atomic mass is 10.1. The van der Waals surface area contributed by atoms with E-state index in [4.69, 9.17) is 5.73 Å². The summed E-state index contributed by atoms with van der Waals surface area (Å²) in [5.41, 5.74) is 7.74. The van der Waals surface area contributed by atoms with Crippen LogP contribution in [-0.2, 0) is 0 Å². The molecule has 0 aromatic carbocycles. The number of hydrogen-bond acceptors (Lipinski definition) is 1.